The third kappa shape index (κ3) is 4.20. The van der Waals surface area contributed by atoms with Crippen LogP contribution in [0, 0.1) is 6.92 Å². The molecule has 0 saturated carbocycles. The number of nitrogens with two attached hydrogens (primary N) is 1. The van der Waals surface area contributed by atoms with Crippen LogP contribution in [0.5, 0.6) is 0 Å². The molecule has 1 aromatic heterocycles. The van der Waals surface area contributed by atoms with Gasteiger partial charge in [0.15, 0.2) is 0 Å². The Morgan fingerprint density at radius 1 is 1.22 bits per heavy atom. The first-order valence-corrected chi connectivity index (χ1v) is 7.15. The van der Waals surface area contributed by atoms with Crippen molar-refractivity contribution in [3.63, 3.8) is 0 Å². The summed E-state index contributed by atoms with van der Waals surface area (Å²) < 4.78 is 10.3. The number of esters is 1. The lowest BCUT2D eigenvalue weighted by Gasteiger charge is -2.15. The Morgan fingerprint density at radius 2 is 1.87 bits per heavy atom. The smallest absolute Gasteiger partial charge is 0.341 e. The first kappa shape index (κ1) is 16.8. The first-order valence-electron chi connectivity index (χ1n) is 7.15. The van der Waals surface area contributed by atoms with Crippen molar-refractivity contribution in [2.45, 2.75) is 20.0 Å². The van der Waals surface area contributed by atoms with E-state index in [1.165, 1.54) is 7.11 Å². The topological polar surface area (TPSA) is 85.8 Å². The van der Waals surface area contributed by atoms with Crippen LogP contribution in [0.1, 0.15) is 37.8 Å². The van der Waals surface area contributed by atoms with Gasteiger partial charge in [-0.05, 0) is 37.7 Å². The predicted molar refractivity (Wildman–Crippen MR) is 84.9 cm³/mol. The zero-order chi connectivity index (χ0) is 17.0. The molecule has 2 rings (SSSR count). The van der Waals surface area contributed by atoms with Gasteiger partial charge in [0, 0.05) is 12.1 Å². The number of aryl methyl sites for hydroxylation is 1. The number of rotatable bonds is 6. The number of hydrogen-bond donors (Lipinski definition) is 1. The Labute approximate surface area is 134 Å². The summed E-state index contributed by atoms with van der Waals surface area (Å²) in [6, 6.07) is 8.84. The second-order valence-corrected chi connectivity index (χ2v) is 5.41. The molecule has 0 bridgehead atoms. The number of carbonyl (C=O) groups is 2. The van der Waals surface area contributed by atoms with Crippen LogP contribution in [-0.4, -0.2) is 30.9 Å². The number of ether oxygens (including phenoxy) is 1. The highest BCUT2D eigenvalue weighted by atomic mass is 16.5. The standard InChI is InChI=1S/C17H20N2O4/c1-11-15(17(21)22-3)8-14(23-11)10-19(2)9-12-4-6-13(7-5-12)16(18)20/h4-8H,9-10H2,1-3H3,(H2,18,20). The van der Waals surface area contributed by atoms with Crippen LogP contribution in [0.4, 0.5) is 0 Å². The van der Waals surface area contributed by atoms with Crippen molar-refractivity contribution in [3.8, 4) is 0 Å². The quantitative estimate of drug-likeness (QED) is 0.825. The van der Waals surface area contributed by atoms with Gasteiger partial charge in [-0.1, -0.05) is 12.1 Å². The van der Waals surface area contributed by atoms with E-state index in [0.717, 1.165) is 5.56 Å². The van der Waals surface area contributed by atoms with Gasteiger partial charge >= 0.3 is 5.97 Å². The highest BCUT2D eigenvalue weighted by Gasteiger charge is 2.16. The van der Waals surface area contributed by atoms with Crippen molar-refractivity contribution in [3.05, 3.63) is 58.5 Å². The van der Waals surface area contributed by atoms with Crippen LogP contribution in [0.2, 0.25) is 0 Å². The molecule has 122 valence electrons. The zero-order valence-corrected chi connectivity index (χ0v) is 13.5. The van der Waals surface area contributed by atoms with Crippen LogP contribution in [0.3, 0.4) is 0 Å². The van der Waals surface area contributed by atoms with Crippen molar-refractivity contribution in [2.24, 2.45) is 5.73 Å². The predicted octanol–water partition coefficient (Wildman–Crippen LogP) is 2.11. The van der Waals surface area contributed by atoms with E-state index in [4.69, 9.17) is 14.9 Å². The summed E-state index contributed by atoms with van der Waals surface area (Å²) >= 11 is 0. The van der Waals surface area contributed by atoms with Crippen molar-refractivity contribution in [1.29, 1.82) is 0 Å². The molecule has 1 aromatic carbocycles. The van der Waals surface area contributed by atoms with Crippen LogP contribution < -0.4 is 5.73 Å². The molecule has 0 unspecified atom stereocenters. The normalized spacial score (nSPS) is 10.8. The molecule has 0 saturated heterocycles. The van der Waals surface area contributed by atoms with E-state index in [0.29, 0.717) is 35.7 Å². The largest absolute Gasteiger partial charge is 0.465 e. The highest BCUT2D eigenvalue weighted by molar-refractivity contribution is 5.92. The van der Waals surface area contributed by atoms with Crippen molar-refractivity contribution in [2.75, 3.05) is 14.2 Å². The van der Waals surface area contributed by atoms with E-state index in [1.54, 1.807) is 25.1 Å². The third-order valence-corrected chi connectivity index (χ3v) is 3.49. The number of methoxy groups -OCH3 is 1. The third-order valence-electron chi connectivity index (χ3n) is 3.49. The van der Waals surface area contributed by atoms with Gasteiger partial charge in [0.1, 0.15) is 17.1 Å². The van der Waals surface area contributed by atoms with Gasteiger partial charge in [-0.25, -0.2) is 4.79 Å². The van der Waals surface area contributed by atoms with Crippen molar-refractivity contribution < 1.29 is 18.7 Å². The summed E-state index contributed by atoms with van der Waals surface area (Å²) in [6.45, 7) is 2.96. The van der Waals surface area contributed by atoms with Crippen LogP contribution in [-0.2, 0) is 17.8 Å². The maximum Gasteiger partial charge on any atom is 0.341 e. The lowest BCUT2D eigenvalue weighted by atomic mass is 10.1. The molecule has 0 fully saturated rings. The molecule has 2 N–H and O–H groups in total. The lowest BCUT2D eigenvalue weighted by molar-refractivity contribution is 0.0598. The second kappa shape index (κ2) is 7.11. The Morgan fingerprint density at radius 3 is 2.43 bits per heavy atom. The Kier molecular flexibility index (Phi) is 5.18. The number of nitrogens with zero attached hydrogens (tertiary/aromatic N) is 1. The molecular formula is C17H20N2O4. The molecule has 0 aliphatic carbocycles. The highest BCUT2D eigenvalue weighted by Crippen LogP contribution is 2.18. The maximum absolute atomic E-state index is 11.6. The van der Waals surface area contributed by atoms with Gasteiger partial charge in [0.2, 0.25) is 5.91 Å². The van der Waals surface area contributed by atoms with Gasteiger partial charge < -0.3 is 14.9 Å². The zero-order valence-electron chi connectivity index (χ0n) is 13.5. The summed E-state index contributed by atoms with van der Waals surface area (Å²) in [7, 11) is 3.29. The summed E-state index contributed by atoms with van der Waals surface area (Å²) in [5.41, 5.74) is 7.20. The monoisotopic (exact) mass is 316 g/mol. The summed E-state index contributed by atoms with van der Waals surface area (Å²) in [5.74, 6) is 0.402. The molecule has 23 heavy (non-hydrogen) atoms. The molecule has 1 amide bonds. The van der Waals surface area contributed by atoms with Gasteiger partial charge in [0.05, 0.1) is 13.7 Å². The minimum Gasteiger partial charge on any atom is -0.465 e. The van der Waals surface area contributed by atoms with Crippen LogP contribution in [0.15, 0.2) is 34.7 Å². The molecule has 0 radical (unpaired) electrons. The lowest BCUT2D eigenvalue weighted by Crippen LogP contribution is -2.17. The van der Waals surface area contributed by atoms with Gasteiger partial charge in [-0.15, -0.1) is 0 Å². The number of benzene rings is 1. The molecule has 6 heteroatoms. The van der Waals surface area contributed by atoms with E-state index < -0.39 is 11.9 Å². The average Bonchev–Trinajstić information content (AvgIpc) is 2.87. The molecule has 6 nitrogen and oxygen atoms in total. The molecule has 1 heterocycles. The fourth-order valence-corrected chi connectivity index (χ4v) is 2.34. The number of amides is 1. The average molecular weight is 316 g/mol. The van der Waals surface area contributed by atoms with E-state index in [9.17, 15) is 9.59 Å². The van der Waals surface area contributed by atoms with Crippen LogP contribution in [0.25, 0.3) is 0 Å². The summed E-state index contributed by atoms with van der Waals surface area (Å²) in [4.78, 5) is 24.7. The van der Waals surface area contributed by atoms with E-state index in [1.807, 2.05) is 24.1 Å². The van der Waals surface area contributed by atoms with E-state index >= 15 is 0 Å². The molecular weight excluding hydrogens is 296 g/mol. The molecule has 0 atom stereocenters. The van der Waals surface area contributed by atoms with Crippen molar-refractivity contribution in [1.82, 2.24) is 4.90 Å². The number of furan rings is 1. The first-order chi connectivity index (χ1) is 10.9. The van der Waals surface area contributed by atoms with E-state index in [-0.39, 0.29) is 0 Å². The number of primary amides is 1. The van der Waals surface area contributed by atoms with E-state index in [2.05, 4.69) is 0 Å². The van der Waals surface area contributed by atoms with Gasteiger partial charge in [0.25, 0.3) is 0 Å². The minimum atomic E-state index is -0.439. The maximum atomic E-state index is 11.6. The molecule has 0 aliphatic rings. The Bertz CT molecular complexity index is 704. The molecule has 2 aromatic rings. The Hall–Kier alpha value is -2.60. The summed E-state index contributed by atoms with van der Waals surface area (Å²) in [6.07, 6.45) is 0. The number of hydrogen-bond acceptors (Lipinski definition) is 5. The number of carbonyl (C=O) groups excluding carboxylic acids is 2. The Balaban J connectivity index is 2.00. The van der Waals surface area contributed by atoms with Gasteiger partial charge in [-0.2, -0.15) is 0 Å². The minimum absolute atomic E-state index is 0.401. The summed E-state index contributed by atoms with van der Waals surface area (Å²) in [5, 5.41) is 0. The van der Waals surface area contributed by atoms with Gasteiger partial charge in [-0.3, -0.25) is 9.69 Å². The molecule has 0 aliphatic heterocycles. The second-order valence-electron chi connectivity index (χ2n) is 5.41. The fraction of sp³-hybridized carbons (Fsp3) is 0.294. The fourth-order valence-electron chi connectivity index (χ4n) is 2.34. The van der Waals surface area contributed by atoms with Crippen LogP contribution >= 0.6 is 0 Å². The SMILES string of the molecule is COC(=O)c1cc(CN(C)Cc2ccc(C(N)=O)cc2)oc1C. The van der Waals surface area contributed by atoms with Crippen molar-refractivity contribution >= 4 is 11.9 Å². The molecule has 0 spiro atoms.